The topological polar surface area (TPSA) is 95.7 Å². The summed E-state index contributed by atoms with van der Waals surface area (Å²) in [7, 11) is 1.88. The van der Waals surface area contributed by atoms with Crippen LogP contribution in [0.5, 0.6) is 0 Å². The van der Waals surface area contributed by atoms with Crippen molar-refractivity contribution in [2.45, 2.75) is 48.8 Å². The first-order valence-electron chi connectivity index (χ1n) is 12.9. The van der Waals surface area contributed by atoms with Gasteiger partial charge in [-0.25, -0.2) is 9.78 Å². The van der Waals surface area contributed by atoms with Gasteiger partial charge in [0.05, 0.1) is 30.0 Å². The van der Waals surface area contributed by atoms with Crippen molar-refractivity contribution in [2.24, 2.45) is 0 Å². The number of alkyl halides is 3. The van der Waals surface area contributed by atoms with Crippen LogP contribution in [0.1, 0.15) is 30.5 Å². The van der Waals surface area contributed by atoms with E-state index in [0.717, 1.165) is 35.1 Å². The molecule has 0 saturated heterocycles. The molecule has 2 aromatic carbocycles. The van der Waals surface area contributed by atoms with Crippen LogP contribution >= 0.6 is 23.4 Å². The number of hydrogen-bond donors (Lipinski definition) is 1. The SMILES string of the molecule is CN(CC(=O)N1CCc2nc(SC3CCC3)n(-c3ccccc3)c(=O)c2C1)c1ccc(Cl)cc1.O=C(O)C(F)(F)F. The summed E-state index contributed by atoms with van der Waals surface area (Å²) < 4.78 is 33.5. The fraction of sp³-hybridized carbons (Fsp3) is 0.357. The van der Waals surface area contributed by atoms with Crippen LogP contribution in [-0.4, -0.2) is 63.0 Å². The molecular formula is C28H28ClF3N4O4S. The zero-order chi connectivity index (χ0) is 29.7. The first kappa shape index (κ1) is 30.4. The van der Waals surface area contributed by atoms with Crippen LogP contribution in [0.25, 0.3) is 5.69 Å². The Hall–Kier alpha value is -3.51. The van der Waals surface area contributed by atoms with E-state index in [1.54, 1.807) is 21.2 Å². The van der Waals surface area contributed by atoms with E-state index in [2.05, 4.69) is 0 Å². The fourth-order valence-electron chi connectivity index (χ4n) is 4.28. The summed E-state index contributed by atoms with van der Waals surface area (Å²) in [5.41, 5.74) is 3.11. The number of para-hydroxylation sites is 1. The molecule has 0 radical (unpaired) electrons. The summed E-state index contributed by atoms with van der Waals surface area (Å²) in [6, 6.07) is 17.1. The highest BCUT2D eigenvalue weighted by Crippen LogP contribution is 2.36. The van der Waals surface area contributed by atoms with Crippen molar-refractivity contribution < 1.29 is 27.9 Å². The Morgan fingerprint density at radius 3 is 2.32 bits per heavy atom. The first-order valence-corrected chi connectivity index (χ1v) is 14.1. The average molecular weight is 609 g/mol. The maximum absolute atomic E-state index is 13.7. The molecule has 1 fully saturated rings. The van der Waals surface area contributed by atoms with Crippen LogP contribution in [0.2, 0.25) is 5.02 Å². The average Bonchev–Trinajstić information content (AvgIpc) is 2.91. The van der Waals surface area contributed by atoms with Crippen LogP contribution in [0, 0.1) is 0 Å². The van der Waals surface area contributed by atoms with E-state index in [0.29, 0.717) is 28.8 Å². The Kier molecular flexibility index (Phi) is 9.64. The molecule has 8 nitrogen and oxygen atoms in total. The van der Waals surface area contributed by atoms with Crippen LogP contribution in [0.15, 0.2) is 64.5 Å². The zero-order valence-electron chi connectivity index (χ0n) is 22.1. The number of thioether (sulfide) groups is 1. The number of carboxylic acid groups (broad SMARTS) is 1. The predicted molar refractivity (Wildman–Crippen MR) is 151 cm³/mol. The second kappa shape index (κ2) is 13.0. The third-order valence-electron chi connectivity index (χ3n) is 6.77. The largest absolute Gasteiger partial charge is 0.490 e. The maximum atomic E-state index is 13.7. The van der Waals surface area contributed by atoms with Gasteiger partial charge < -0.3 is 14.9 Å². The zero-order valence-corrected chi connectivity index (χ0v) is 23.7. The number of carboxylic acids is 1. The molecule has 3 aromatic rings. The third-order valence-corrected chi connectivity index (χ3v) is 8.31. The number of nitrogens with zero attached hydrogens (tertiary/aromatic N) is 4. The number of aromatic nitrogens is 2. The van der Waals surface area contributed by atoms with Crippen molar-refractivity contribution in [3.8, 4) is 5.69 Å². The molecule has 1 aliphatic carbocycles. The van der Waals surface area contributed by atoms with Gasteiger partial charge in [0.1, 0.15) is 0 Å². The fourth-order valence-corrected chi connectivity index (χ4v) is 5.73. The number of anilines is 1. The lowest BCUT2D eigenvalue weighted by Crippen LogP contribution is -2.44. The molecule has 2 heterocycles. The van der Waals surface area contributed by atoms with Gasteiger partial charge in [-0.05, 0) is 49.2 Å². The highest BCUT2D eigenvalue weighted by atomic mass is 35.5. The van der Waals surface area contributed by atoms with Crippen molar-refractivity contribution in [3.63, 3.8) is 0 Å². The van der Waals surface area contributed by atoms with E-state index in [1.165, 1.54) is 6.42 Å². The van der Waals surface area contributed by atoms with Gasteiger partial charge in [-0.15, -0.1) is 0 Å². The number of halogens is 4. The molecule has 218 valence electrons. The molecule has 1 N–H and O–H groups in total. The summed E-state index contributed by atoms with van der Waals surface area (Å²) >= 11 is 7.69. The normalized spacial score (nSPS) is 14.8. The minimum atomic E-state index is -5.08. The minimum absolute atomic E-state index is 0.0123. The van der Waals surface area contributed by atoms with E-state index >= 15 is 0 Å². The van der Waals surface area contributed by atoms with Gasteiger partial charge in [-0.2, -0.15) is 13.2 Å². The van der Waals surface area contributed by atoms with Gasteiger partial charge in [0.2, 0.25) is 5.91 Å². The molecule has 1 aliphatic heterocycles. The van der Waals surface area contributed by atoms with Gasteiger partial charge >= 0.3 is 12.1 Å². The lowest BCUT2D eigenvalue weighted by Gasteiger charge is -2.31. The lowest BCUT2D eigenvalue weighted by molar-refractivity contribution is -0.192. The van der Waals surface area contributed by atoms with Crippen LogP contribution in [0.4, 0.5) is 18.9 Å². The summed E-state index contributed by atoms with van der Waals surface area (Å²) in [6.07, 6.45) is -0.930. The molecule has 41 heavy (non-hydrogen) atoms. The summed E-state index contributed by atoms with van der Waals surface area (Å²) in [6.45, 7) is 1.08. The first-order chi connectivity index (χ1) is 19.4. The molecule has 2 aliphatic rings. The standard InChI is InChI=1S/C26H27ClN4O2S.C2HF3O2/c1-29(19-12-10-18(27)11-13-19)17-24(32)30-15-14-23-22(16-30)25(33)31(20-6-3-2-4-7-20)26(28-23)34-21-8-5-9-21;3-2(4,5)1(6)7/h2-4,6-7,10-13,21H,5,8-9,14-17H2,1H3;(H,6,7). The molecule has 0 atom stereocenters. The van der Waals surface area contributed by atoms with E-state index in [4.69, 9.17) is 26.5 Å². The lowest BCUT2D eigenvalue weighted by atomic mass is 10.0. The van der Waals surface area contributed by atoms with Gasteiger partial charge in [0, 0.05) is 36.0 Å². The molecule has 0 spiro atoms. The Morgan fingerprint density at radius 2 is 1.76 bits per heavy atom. The van der Waals surface area contributed by atoms with Crippen molar-refractivity contribution in [1.29, 1.82) is 0 Å². The number of carbonyl (C=O) groups is 2. The quantitative estimate of drug-likeness (QED) is 0.385. The Balaban J connectivity index is 0.000000493. The predicted octanol–water partition coefficient (Wildman–Crippen LogP) is 5.18. The van der Waals surface area contributed by atoms with Crippen molar-refractivity contribution >= 4 is 40.9 Å². The molecular weight excluding hydrogens is 581 g/mol. The van der Waals surface area contributed by atoms with Gasteiger partial charge in [0.25, 0.3) is 5.56 Å². The molecule has 5 rings (SSSR count). The Morgan fingerprint density at radius 1 is 1.12 bits per heavy atom. The molecule has 1 aromatic heterocycles. The van der Waals surface area contributed by atoms with Crippen molar-refractivity contribution in [3.05, 3.63) is 81.2 Å². The summed E-state index contributed by atoms with van der Waals surface area (Å²) in [5, 5.41) is 9.07. The number of amides is 1. The number of hydrogen-bond acceptors (Lipinski definition) is 6. The van der Waals surface area contributed by atoms with E-state index in [-0.39, 0.29) is 24.6 Å². The number of carbonyl (C=O) groups excluding carboxylic acids is 1. The monoisotopic (exact) mass is 608 g/mol. The highest BCUT2D eigenvalue weighted by molar-refractivity contribution is 7.99. The summed E-state index contributed by atoms with van der Waals surface area (Å²) in [4.78, 5) is 44.3. The van der Waals surface area contributed by atoms with Gasteiger partial charge in [-0.1, -0.05) is 48.0 Å². The Labute approximate surface area is 243 Å². The highest BCUT2D eigenvalue weighted by Gasteiger charge is 2.38. The smallest absolute Gasteiger partial charge is 0.475 e. The number of benzene rings is 2. The van der Waals surface area contributed by atoms with E-state index in [9.17, 15) is 22.8 Å². The van der Waals surface area contributed by atoms with Crippen LogP contribution in [-0.2, 0) is 22.6 Å². The minimum Gasteiger partial charge on any atom is -0.475 e. The molecule has 0 unspecified atom stereocenters. The van der Waals surface area contributed by atoms with Crippen molar-refractivity contribution in [2.75, 3.05) is 25.0 Å². The maximum Gasteiger partial charge on any atom is 0.490 e. The number of fused-ring (bicyclic) bond motifs is 1. The second-order valence-electron chi connectivity index (χ2n) is 9.67. The summed E-state index contributed by atoms with van der Waals surface area (Å²) in [5.74, 6) is -2.77. The molecule has 0 bridgehead atoms. The number of rotatable bonds is 6. The third kappa shape index (κ3) is 7.62. The van der Waals surface area contributed by atoms with E-state index < -0.39 is 12.1 Å². The second-order valence-corrected chi connectivity index (χ2v) is 11.4. The van der Waals surface area contributed by atoms with Crippen LogP contribution in [0.3, 0.4) is 0 Å². The van der Waals surface area contributed by atoms with E-state index in [1.807, 2.05) is 66.5 Å². The molecule has 13 heteroatoms. The van der Waals surface area contributed by atoms with Crippen LogP contribution < -0.4 is 10.5 Å². The van der Waals surface area contributed by atoms with Crippen molar-refractivity contribution in [1.82, 2.24) is 14.5 Å². The number of aliphatic carboxylic acids is 1. The Bertz CT molecular complexity index is 1450. The van der Waals surface area contributed by atoms with Gasteiger partial charge in [0.15, 0.2) is 5.16 Å². The number of likely N-dealkylation sites (N-methyl/N-ethyl adjacent to an activating group) is 1. The molecule has 1 amide bonds. The molecule has 1 saturated carbocycles. The van der Waals surface area contributed by atoms with Gasteiger partial charge in [-0.3, -0.25) is 14.2 Å².